The van der Waals surface area contributed by atoms with E-state index in [-0.39, 0.29) is 12.1 Å². The molecule has 108 valence electrons. The first-order valence-corrected chi connectivity index (χ1v) is 6.84. The summed E-state index contributed by atoms with van der Waals surface area (Å²) in [4.78, 5) is 25.6. The van der Waals surface area contributed by atoms with E-state index in [2.05, 4.69) is 5.32 Å². The van der Waals surface area contributed by atoms with Crippen molar-refractivity contribution in [3.8, 4) is 0 Å². The fraction of sp³-hybridized carbons (Fsp3) is 0.467. The van der Waals surface area contributed by atoms with Crippen LogP contribution in [0.3, 0.4) is 0 Å². The number of hydrogen-bond donors (Lipinski definition) is 1. The van der Waals surface area contributed by atoms with E-state index >= 15 is 0 Å². The number of carbonyl (C=O) groups excluding carboxylic acids is 2. The SMILES string of the molecule is C[C@H](NC(=O)C(=O)N1CCO[C@@H](C)C1)c1ccccc1. The Labute approximate surface area is 118 Å². The molecule has 0 spiro atoms. The van der Waals surface area contributed by atoms with Gasteiger partial charge in [-0.05, 0) is 19.4 Å². The minimum Gasteiger partial charge on any atom is -0.375 e. The molecule has 1 aliphatic rings. The summed E-state index contributed by atoms with van der Waals surface area (Å²) in [6, 6.07) is 9.38. The molecule has 0 aliphatic carbocycles. The average molecular weight is 276 g/mol. The molecule has 0 radical (unpaired) electrons. The number of rotatable bonds is 2. The number of amides is 2. The fourth-order valence-corrected chi connectivity index (χ4v) is 2.23. The molecule has 1 aromatic rings. The summed E-state index contributed by atoms with van der Waals surface area (Å²) in [6.45, 7) is 5.17. The van der Waals surface area contributed by atoms with Crippen molar-refractivity contribution in [3.63, 3.8) is 0 Å². The maximum atomic E-state index is 12.1. The molecule has 1 aliphatic heterocycles. The lowest BCUT2D eigenvalue weighted by atomic mass is 10.1. The summed E-state index contributed by atoms with van der Waals surface area (Å²) in [5.74, 6) is -1.04. The molecular formula is C15H20N2O3. The van der Waals surface area contributed by atoms with E-state index in [1.54, 1.807) is 4.90 Å². The summed E-state index contributed by atoms with van der Waals surface area (Å²) in [5.41, 5.74) is 0.976. The van der Waals surface area contributed by atoms with Gasteiger partial charge in [-0.1, -0.05) is 30.3 Å². The van der Waals surface area contributed by atoms with Crippen LogP contribution in [0.25, 0.3) is 0 Å². The topological polar surface area (TPSA) is 58.6 Å². The second kappa shape index (κ2) is 6.52. The van der Waals surface area contributed by atoms with Crippen LogP contribution < -0.4 is 5.32 Å². The van der Waals surface area contributed by atoms with Crippen LogP contribution in [-0.4, -0.2) is 42.5 Å². The highest BCUT2D eigenvalue weighted by atomic mass is 16.5. The van der Waals surface area contributed by atoms with Gasteiger partial charge in [0.2, 0.25) is 0 Å². The van der Waals surface area contributed by atoms with E-state index < -0.39 is 11.8 Å². The predicted molar refractivity (Wildman–Crippen MR) is 75.0 cm³/mol. The minimum absolute atomic E-state index is 0.0213. The second-order valence-electron chi connectivity index (χ2n) is 5.04. The fourth-order valence-electron chi connectivity index (χ4n) is 2.23. The Hall–Kier alpha value is -1.88. The van der Waals surface area contributed by atoms with Crippen LogP contribution in [0.5, 0.6) is 0 Å². The van der Waals surface area contributed by atoms with Crippen molar-refractivity contribution < 1.29 is 14.3 Å². The van der Waals surface area contributed by atoms with Gasteiger partial charge < -0.3 is 15.0 Å². The number of benzene rings is 1. The van der Waals surface area contributed by atoms with Gasteiger partial charge in [0.25, 0.3) is 0 Å². The zero-order valence-corrected chi connectivity index (χ0v) is 11.8. The van der Waals surface area contributed by atoms with Gasteiger partial charge in [-0.25, -0.2) is 0 Å². The normalized spacial score (nSPS) is 20.3. The quantitative estimate of drug-likeness (QED) is 0.823. The third-order valence-corrected chi connectivity index (χ3v) is 3.37. The first-order valence-electron chi connectivity index (χ1n) is 6.84. The molecular weight excluding hydrogens is 256 g/mol. The van der Waals surface area contributed by atoms with Crippen LogP contribution in [-0.2, 0) is 14.3 Å². The number of nitrogens with one attached hydrogen (secondary N) is 1. The number of nitrogens with zero attached hydrogens (tertiary/aromatic N) is 1. The zero-order chi connectivity index (χ0) is 14.5. The largest absolute Gasteiger partial charge is 0.375 e. The average Bonchev–Trinajstić information content (AvgIpc) is 2.47. The van der Waals surface area contributed by atoms with E-state index in [1.165, 1.54) is 0 Å². The zero-order valence-electron chi connectivity index (χ0n) is 11.8. The van der Waals surface area contributed by atoms with Gasteiger partial charge in [-0.2, -0.15) is 0 Å². The van der Waals surface area contributed by atoms with Gasteiger partial charge in [-0.15, -0.1) is 0 Å². The van der Waals surface area contributed by atoms with Crippen molar-refractivity contribution in [1.29, 1.82) is 0 Å². The molecule has 2 amide bonds. The van der Waals surface area contributed by atoms with Gasteiger partial charge >= 0.3 is 11.8 Å². The molecule has 0 bridgehead atoms. The van der Waals surface area contributed by atoms with Crippen LogP contribution >= 0.6 is 0 Å². The standard InChI is InChI=1S/C15H20N2O3/c1-11-10-17(8-9-20-11)15(19)14(18)16-12(2)13-6-4-3-5-7-13/h3-7,11-12H,8-10H2,1-2H3,(H,16,18)/t11-,12-/m0/s1. The Balaban J connectivity index is 1.92. The molecule has 1 saturated heterocycles. The number of morpholine rings is 1. The summed E-state index contributed by atoms with van der Waals surface area (Å²) < 4.78 is 5.36. The minimum atomic E-state index is -0.560. The summed E-state index contributed by atoms with van der Waals surface area (Å²) in [5, 5.41) is 2.74. The maximum absolute atomic E-state index is 12.1. The van der Waals surface area contributed by atoms with E-state index in [1.807, 2.05) is 44.2 Å². The third-order valence-electron chi connectivity index (χ3n) is 3.37. The molecule has 1 N–H and O–H groups in total. The highest BCUT2D eigenvalue weighted by Crippen LogP contribution is 2.11. The predicted octanol–water partition coefficient (Wildman–Crippen LogP) is 1.11. The summed E-state index contributed by atoms with van der Waals surface area (Å²) >= 11 is 0. The van der Waals surface area contributed by atoms with Crippen LogP contribution in [0.1, 0.15) is 25.5 Å². The molecule has 1 aromatic carbocycles. The first kappa shape index (κ1) is 14.5. The molecule has 5 nitrogen and oxygen atoms in total. The Morgan fingerprint density at radius 1 is 1.35 bits per heavy atom. The highest BCUT2D eigenvalue weighted by molar-refractivity contribution is 6.35. The van der Waals surface area contributed by atoms with Gasteiger partial charge in [0.05, 0.1) is 18.8 Å². The van der Waals surface area contributed by atoms with Crippen molar-refractivity contribution in [2.45, 2.75) is 26.0 Å². The van der Waals surface area contributed by atoms with Crippen molar-refractivity contribution >= 4 is 11.8 Å². The molecule has 1 heterocycles. The van der Waals surface area contributed by atoms with Crippen LogP contribution in [0.4, 0.5) is 0 Å². The van der Waals surface area contributed by atoms with E-state index in [9.17, 15) is 9.59 Å². The molecule has 0 unspecified atom stereocenters. The van der Waals surface area contributed by atoms with Crippen LogP contribution in [0.2, 0.25) is 0 Å². The highest BCUT2D eigenvalue weighted by Gasteiger charge is 2.27. The Morgan fingerprint density at radius 3 is 2.70 bits per heavy atom. The third kappa shape index (κ3) is 3.57. The van der Waals surface area contributed by atoms with Gasteiger partial charge in [0, 0.05) is 13.1 Å². The van der Waals surface area contributed by atoms with Crippen LogP contribution in [0, 0.1) is 0 Å². The second-order valence-corrected chi connectivity index (χ2v) is 5.04. The Morgan fingerprint density at radius 2 is 2.05 bits per heavy atom. The number of hydrogen-bond acceptors (Lipinski definition) is 3. The molecule has 1 fully saturated rings. The van der Waals surface area contributed by atoms with E-state index in [0.717, 1.165) is 5.56 Å². The lowest BCUT2D eigenvalue weighted by Gasteiger charge is -2.30. The number of carbonyl (C=O) groups is 2. The monoisotopic (exact) mass is 276 g/mol. The summed E-state index contributed by atoms with van der Waals surface area (Å²) in [6.07, 6.45) is -0.0213. The maximum Gasteiger partial charge on any atom is 0.312 e. The summed E-state index contributed by atoms with van der Waals surface area (Å²) in [7, 11) is 0. The van der Waals surface area contributed by atoms with Crippen LogP contribution in [0.15, 0.2) is 30.3 Å². The molecule has 0 aromatic heterocycles. The Bertz CT molecular complexity index is 475. The van der Waals surface area contributed by atoms with E-state index in [4.69, 9.17) is 4.74 Å². The Kier molecular flexibility index (Phi) is 4.74. The molecule has 20 heavy (non-hydrogen) atoms. The van der Waals surface area contributed by atoms with Gasteiger partial charge in [0.15, 0.2) is 0 Å². The smallest absolute Gasteiger partial charge is 0.312 e. The lowest BCUT2D eigenvalue weighted by molar-refractivity contribution is -0.150. The molecule has 2 atom stereocenters. The lowest BCUT2D eigenvalue weighted by Crippen LogP contribution is -2.50. The van der Waals surface area contributed by atoms with E-state index in [0.29, 0.717) is 19.7 Å². The molecule has 2 rings (SSSR count). The van der Waals surface area contributed by atoms with Crippen molar-refractivity contribution in [2.75, 3.05) is 19.7 Å². The molecule has 5 heteroatoms. The van der Waals surface area contributed by atoms with Gasteiger partial charge in [0.1, 0.15) is 0 Å². The molecule has 0 saturated carbocycles. The number of ether oxygens (including phenoxy) is 1. The van der Waals surface area contributed by atoms with Gasteiger partial charge in [-0.3, -0.25) is 9.59 Å². The van der Waals surface area contributed by atoms with Crippen molar-refractivity contribution in [2.24, 2.45) is 0 Å². The van der Waals surface area contributed by atoms with Crippen molar-refractivity contribution in [1.82, 2.24) is 10.2 Å². The van der Waals surface area contributed by atoms with Crippen molar-refractivity contribution in [3.05, 3.63) is 35.9 Å². The first-order chi connectivity index (χ1) is 9.58.